The van der Waals surface area contributed by atoms with Crippen LogP contribution < -0.4 is 10.5 Å². The summed E-state index contributed by atoms with van der Waals surface area (Å²) in [5.74, 6) is 0. The lowest BCUT2D eigenvalue weighted by Gasteiger charge is -2.36. The van der Waals surface area contributed by atoms with E-state index < -0.39 is 56.0 Å². The summed E-state index contributed by atoms with van der Waals surface area (Å²) >= 11 is 0. The molecule has 0 aliphatic carbocycles. The third kappa shape index (κ3) is 4.44. The van der Waals surface area contributed by atoms with Gasteiger partial charge in [-0.25, -0.2) is 4.79 Å². The predicted octanol–water partition coefficient (Wildman–Crippen LogP) is 2.44. The van der Waals surface area contributed by atoms with Crippen LogP contribution in [0.4, 0.5) is 10.5 Å². The zero-order valence-electron chi connectivity index (χ0n) is 25.3. The lowest BCUT2D eigenvalue weighted by molar-refractivity contribution is 0.00578. The van der Waals surface area contributed by atoms with Crippen molar-refractivity contribution in [3.05, 3.63) is 18.3 Å². The quantitative estimate of drug-likeness (QED) is 0.715. The van der Waals surface area contributed by atoms with E-state index in [4.69, 9.17) is 25.0 Å². The summed E-state index contributed by atoms with van der Waals surface area (Å²) in [4.78, 5) is 17.2. The highest BCUT2D eigenvalue weighted by Crippen LogP contribution is 2.36. The average molecular weight is 397 g/mol. The van der Waals surface area contributed by atoms with Crippen molar-refractivity contribution in [3.63, 3.8) is 0 Å². The van der Waals surface area contributed by atoms with Crippen LogP contribution in [0, 0.1) is 0 Å². The summed E-state index contributed by atoms with van der Waals surface area (Å²) in [6.07, 6.45) is -0.440. The van der Waals surface area contributed by atoms with E-state index >= 15 is 0 Å². The number of ether oxygens (including phenoxy) is 1. The molecule has 0 bridgehead atoms. The van der Waals surface area contributed by atoms with E-state index in [2.05, 4.69) is 4.98 Å². The molecular formula is C20H32BN3O4. The maximum absolute atomic E-state index is 12.8. The Balaban J connectivity index is 2.04. The van der Waals surface area contributed by atoms with Crippen LogP contribution in [-0.4, -0.2) is 65.9 Å². The van der Waals surface area contributed by atoms with Gasteiger partial charge in [-0.2, -0.15) is 0 Å². The Hall–Kier alpha value is -1.80. The second-order valence-corrected chi connectivity index (χ2v) is 8.63. The molecule has 28 heavy (non-hydrogen) atoms. The van der Waals surface area contributed by atoms with E-state index in [9.17, 15) is 4.79 Å². The van der Waals surface area contributed by atoms with Crippen molar-refractivity contribution in [2.75, 3.05) is 30.9 Å². The fourth-order valence-electron chi connectivity index (χ4n) is 2.42. The molecule has 8 heteroatoms. The number of rotatable bonds is 2. The maximum atomic E-state index is 12.8. The lowest BCUT2D eigenvalue weighted by atomic mass is 9.84. The Morgan fingerprint density at radius 1 is 1.14 bits per heavy atom. The maximum Gasteiger partial charge on any atom is 0.514 e. The minimum absolute atomic E-state index is 0.145. The van der Waals surface area contributed by atoms with Crippen LogP contribution in [0.1, 0.15) is 59.4 Å². The molecule has 2 aliphatic heterocycles. The van der Waals surface area contributed by atoms with E-state index in [1.54, 1.807) is 0 Å². The Morgan fingerprint density at radius 3 is 2.18 bits per heavy atom. The highest BCUT2D eigenvalue weighted by molar-refractivity contribution is 6.61. The fourth-order valence-corrected chi connectivity index (χ4v) is 2.42. The average Bonchev–Trinajstić information content (AvgIpc) is 2.86. The largest absolute Gasteiger partial charge is 0.514 e. The van der Waals surface area contributed by atoms with Gasteiger partial charge in [-0.05, 0) is 60.6 Å². The van der Waals surface area contributed by atoms with Gasteiger partial charge in [0.05, 0.1) is 33.4 Å². The third-order valence-electron chi connectivity index (χ3n) is 4.65. The van der Waals surface area contributed by atoms with Crippen LogP contribution in [0.2, 0.25) is 0 Å². The van der Waals surface area contributed by atoms with Gasteiger partial charge in [-0.15, -0.1) is 0 Å². The number of piperazine rings is 1. The molecule has 0 atom stereocenters. The Kier molecular flexibility index (Phi) is 3.28. The first-order valence-corrected chi connectivity index (χ1v) is 9.05. The minimum atomic E-state index is -3.35. The van der Waals surface area contributed by atoms with Gasteiger partial charge >= 0.3 is 13.2 Å². The normalized spacial score (nSPS) is 33.2. The smallest absolute Gasteiger partial charge is 0.444 e. The van der Waals surface area contributed by atoms with E-state index in [0.29, 0.717) is 10.5 Å². The number of hydrogen-bond donors (Lipinski definition) is 0. The second kappa shape index (κ2) is 7.23. The Morgan fingerprint density at radius 2 is 1.71 bits per heavy atom. The number of anilines is 1. The number of carbonyl (C=O) groups is 1. The van der Waals surface area contributed by atoms with Gasteiger partial charge < -0.3 is 23.8 Å². The molecule has 2 aliphatic rings. The van der Waals surface area contributed by atoms with Crippen molar-refractivity contribution >= 4 is 24.5 Å². The van der Waals surface area contributed by atoms with Gasteiger partial charge in [0.15, 0.2) is 0 Å². The highest BCUT2D eigenvalue weighted by atomic mass is 16.7. The number of amides is 1. The molecule has 154 valence electrons. The number of pyridine rings is 1. The van der Waals surface area contributed by atoms with Gasteiger partial charge in [0, 0.05) is 32.2 Å². The summed E-state index contributed by atoms with van der Waals surface area (Å²) in [5.41, 5.74) is -2.37. The number of aromatic nitrogens is 1. The van der Waals surface area contributed by atoms with Crippen LogP contribution in [0.5, 0.6) is 0 Å². The van der Waals surface area contributed by atoms with Crippen molar-refractivity contribution in [2.45, 2.75) is 65.3 Å². The molecule has 2 saturated heterocycles. The summed E-state index contributed by atoms with van der Waals surface area (Å²) in [7, 11) is -0.848. The fraction of sp³-hybridized carbons (Fsp3) is 0.700. The van der Waals surface area contributed by atoms with Crippen LogP contribution in [-0.2, 0) is 14.0 Å². The summed E-state index contributed by atoms with van der Waals surface area (Å²) in [6, 6.07) is 2.69. The molecular weight excluding hydrogens is 357 g/mol. The molecule has 0 spiro atoms. The van der Waals surface area contributed by atoms with Gasteiger partial charge in [0.25, 0.3) is 0 Å². The zero-order valence-corrected chi connectivity index (χ0v) is 17.3. The molecule has 7 nitrogen and oxygen atoms in total. The monoisotopic (exact) mass is 397 g/mol. The molecule has 3 heterocycles. The number of nitrogens with zero attached hydrogens (tertiary/aromatic N) is 3. The van der Waals surface area contributed by atoms with E-state index in [1.165, 1.54) is 32.9 Å². The Bertz CT molecular complexity index is 987. The number of hydrogen-bond acceptors (Lipinski definition) is 6. The number of carbonyl (C=O) groups excluding carboxylic acids is 1. The van der Waals surface area contributed by atoms with E-state index in [-0.39, 0.29) is 10.6 Å². The second-order valence-electron chi connectivity index (χ2n) is 8.63. The first kappa shape index (κ1) is 12.7. The lowest BCUT2D eigenvalue weighted by Crippen LogP contribution is -2.50. The van der Waals surface area contributed by atoms with Crippen molar-refractivity contribution < 1.29 is 29.8 Å². The van der Waals surface area contributed by atoms with Crippen molar-refractivity contribution in [1.82, 2.24) is 9.88 Å². The van der Waals surface area contributed by atoms with Crippen LogP contribution in [0.15, 0.2) is 18.3 Å². The van der Waals surface area contributed by atoms with Crippen LogP contribution >= 0.6 is 0 Å². The van der Waals surface area contributed by atoms with Gasteiger partial charge in [-0.1, -0.05) is 0 Å². The summed E-state index contributed by atoms with van der Waals surface area (Å²) < 4.78 is 84.7. The van der Waals surface area contributed by atoms with Gasteiger partial charge in [-0.3, -0.25) is 4.98 Å². The summed E-state index contributed by atoms with van der Waals surface area (Å²) in [5, 5.41) is 0. The molecule has 0 aromatic carbocycles. The third-order valence-corrected chi connectivity index (χ3v) is 4.65. The molecule has 0 radical (unpaired) electrons. The van der Waals surface area contributed by atoms with E-state index in [1.807, 2.05) is 27.7 Å². The van der Waals surface area contributed by atoms with Crippen LogP contribution in [0.3, 0.4) is 0 Å². The van der Waals surface area contributed by atoms with Crippen molar-refractivity contribution in [2.24, 2.45) is 0 Å². The minimum Gasteiger partial charge on any atom is -0.444 e. The van der Waals surface area contributed by atoms with Crippen molar-refractivity contribution in [1.29, 1.82) is 0 Å². The Labute approximate surface area is 179 Å². The highest BCUT2D eigenvalue weighted by Gasteiger charge is 2.52. The first-order chi connectivity index (χ1) is 15.9. The molecule has 3 rings (SSSR count). The van der Waals surface area contributed by atoms with Gasteiger partial charge in [0.2, 0.25) is 0 Å². The standard InChI is InChI=1S/C20H32BN3O4/c1-18(2,3)26-17(25)24-12-10-23(11-13-24)15-8-9-16(22-14-15)21-27-19(4,5)20(6,7)28-21/h8-9,14H,10-13H2,1-7H3/i10D2,11D2,12D2,13D2. The molecule has 0 N–H and O–H groups in total. The molecule has 1 aromatic heterocycles. The van der Waals surface area contributed by atoms with Crippen molar-refractivity contribution in [3.8, 4) is 0 Å². The first-order valence-electron chi connectivity index (χ1n) is 13.1. The van der Waals surface area contributed by atoms with Crippen LogP contribution in [0.25, 0.3) is 0 Å². The summed E-state index contributed by atoms with van der Waals surface area (Å²) in [6.45, 7) is -1.33. The topological polar surface area (TPSA) is 64.1 Å². The van der Waals surface area contributed by atoms with Gasteiger partial charge in [0.1, 0.15) is 5.60 Å². The molecule has 0 saturated carbocycles. The van der Waals surface area contributed by atoms with E-state index in [0.717, 1.165) is 6.20 Å². The molecule has 1 amide bonds. The molecule has 0 unspecified atom stereocenters. The molecule has 2 fully saturated rings. The zero-order chi connectivity index (χ0) is 27.9. The predicted molar refractivity (Wildman–Crippen MR) is 110 cm³/mol. The SMILES string of the molecule is [2H]C1([2H])N(C(=O)OC(C)(C)C)C([2H])([2H])C([2H])([2H])N(c2ccc(B3OC(C)(C)C(C)(C)O3)nc2)C1([2H])[2H]. The molecule has 1 aromatic rings.